The lowest BCUT2D eigenvalue weighted by Crippen LogP contribution is -2.26. The highest BCUT2D eigenvalue weighted by atomic mass is 32.2. The highest BCUT2D eigenvalue weighted by Crippen LogP contribution is 2.23. The monoisotopic (exact) mass is 237 g/mol. The Bertz CT molecular complexity index is 288. The molecule has 0 amide bonds. The SMILES string of the molecule is CCC(Cc1ccc(SC(C)C)cc1)NC. The van der Waals surface area contributed by atoms with Gasteiger partial charge in [-0.15, -0.1) is 11.8 Å². The van der Waals surface area contributed by atoms with E-state index in [9.17, 15) is 0 Å². The summed E-state index contributed by atoms with van der Waals surface area (Å²) in [5.74, 6) is 0. The maximum Gasteiger partial charge on any atom is 0.0102 e. The summed E-state index contributed by atoms with van der Waals surface area (Å²) < 4.78 is 0. The molecule has 2 heteroatoms. The summed E-state index contributed by atoms with van der Waals surface area (Å²) in [6.45, 7) is 6.68. The van der Waals surface area contributed by atoms with E-state index in [0.717, 1.165) is 6.42 Å². The summed E-state index contributed by atoms with van der Waals surface area (Å²) in [6.07, 6.45) is 2.30. The molecule has 90 valence electrons. The Hall–Kier alpha value is -0.470. The molecule has 1 N–H and O–H groups in total. The van der Waals surface area contributed by atoms with E-state index in [4.69, 9.17) is 0 Å². The van der Waals surface area contributed by atoms with Gasteiger partial charge in [0.15, 0.2) is 0 Å². The van der Waals surface area contributed by atoms with E-state index in [1.54, 1.807) is 0 Å². The summed E-state index contributed by atoms with van der Waals surface area (Å²) in [6, 6.07) is 9.59. The Balaban J connectivity index is 2.57. The Morgan fingerprint density at radius 3 is 2.25 bits per heavy atom. The van der Waals surface area contributed by atoms with Crippen LogP contribution in [0.4, 0.5) is 0 Å². The molecule has 1 atom stereocenters. The Morgan fingerprint density at radius 2 is 1.81 bits per heavy atom. The van der Waals surface area contributed by atoms with Crippen LogP contribution in [0.3, 0.4) is 0 Å². The van der Waals surface area contributed by atoms with Crippen molar-refractivity contribution in [2.75, 3.05) is 7.05 Å². The third-order valence-electron chi connectivity index (χ3n) is 2.68. The third kappa shape index (κ3) is 4.58. The number of nitrogens with one attached hydrogen (secondary N) is 1. The minimum atomic E-state index is 0.601. The average molecular weight is 237 g/mol. The molecular weight excluding hydrogens is 214 g/mol. The van der Waals surface area contributed by atoms with E-state index in [-0.39, 0.29) is 0 Å². The van der Waals surface area contributed by atoms with Crippen molar-refractivity contribution in [2.45, 2.75) is 49.8 Å². The molecule has 0 aliphatic carbocycles. The van der Waals surface area contributed by atoms with E-state index < -0.39 is 0 Å². The molecule has 0 spiro atoms. The largest absolute Gasteiger partial charge is 0.317 e. The molecule has 0 saturated heterocycles. The molecule has 0 aromatic heterocycles. The number of rotatable bonds is 6. The van der Waals surface area contributed by atoms with Gasteiger partial charge < -0.3 is 5.32 Å². The number of thioether (sulfide) groups is 1. The van der Waals surface area contributed by atoms with Crippen molar-refractivity contribution in [2.24, 2.45) is 0 Å². The summed E-state index contributed by atoms with van der Waals surface area (Å²) in [5.41, 5.74) is 1.43. The third-order valence-corrected chi connectivity index (χ3v) is 3.69. The quantitative estimate of drug-likeness (QED) is 0.757. The van der Waals surface area contributed by atoms with Gasteiger partial charge in [0.25, 0.3) is 0 Å². The molecule has 0 radical (unpaired) electrons. The van der Waals surface area contributed by atoms with Gasteiger partial charge >= 0.3 is 0 Å². The van der Waals surface area contributed by atoms with Gasteiger partial charge in [-0.25, -0.2) is 0 Å². The lowest BCUT2D eigenvalue weighted by molar-refractivity contribution is 0.543. The zero-order valence-electron chi connectivity index (χ0n) is 10.8. The maximum absolute atomic E-state index is 3.34. The van der Waals surface area contributed by atoms with E-state index in [2.05, 4.69) is 50.4 Å². The van der Waals surface area contributed by atoms with Crippen LogP contribution < -0.4 is 5.32 Å². The fraction of sp³-hybridized carbons (Fsp3) is 0.571. The number of hydrogen-bond acceptors (Lipinski definition) is 2. The fourth-order valence-electron chi connectivity index (χ4n) is 1.71. The maximum atomic E-state index is 3.34. The normalized spacial score (nSPS) is 13.1. The number of likely N-dealkylation sites (N-methyl/N-ethyl adjacent to an activating group) is 1. The van der Waals surface area contributed by atoms with Gasteiger partial charge in [0.1, 0.15) is 0 Å². The lowest BCUT2D eigenvalue weighted by atomic mass is 10.0. The molecule has 1 aromatic rings. The predicted molar refractivity (Wildman–Crippen MR) is 74.3 cm³/mol. The van der Waals surface area contributed by atoms with Gasteiger partial charge in [0.05, 0.1) is 0 Å². The van der Waals surface area contributed by atoms with Crippen molar-refractivity contribution < 1.29 is 0 Å². The molecular formula is C14H23NS. The topological polar surface area (TPSA) is 12.0 Å². The van der Waals surface area contributed by atoms with Crippen molar-refractivity contribution in [1.82, 2.24) is 5.32 Å². The average Bonchev–Trinajstić information content (AvgIpc) is 2.27. The van der Waals surface area contributed by atoms with Gasteiger partial charge in [-0.05, 0) is 37.6 Å². The van der Waals surface area contributed by atoms with Crippen LogP contribution in [0.5, 0.6) is 0 Å². The summed E-state index contributed by atoms with van der Waals surface area (Å²) in [7, 11) is 2.04. The van der Waals surface area contributed by atoms with E-state index in [0.29, 0.717) is 11.3 Å². The van der Waals surface area contributed by atoms with Crippen LogP contribution in [0.15, 0.2) is 29.2 Å². The molecule has 0 saturated carbocycles. The van der Waals surface area contributed by atoms with Gasteiger partial charge in [-0.2, -0.15) is 0 Å². The minimum absolute atomic E-state index is 0.601. The molecule has 1 unspecified atom stereocenters. The van der Waals surface area contributed by atoms with Gasteiger partial charge in [-0.1, -0.05) is 32.9 Å². The first-order valence-electron chi connectivity index (χ1n) is 6.08. The first-order valence-corrected chi connectivity index (χ1v) is 6.96. The van der Waals surface area contributed by atoms with Crippen molar-refractivity contribution in [3.63, 3.8) is 0 Å². The smallest absolute Gasteiger partial charge is 0.0102 e. The molecule has 0 bridgehead atoms. The molecule has 1 aromatic carbocycles. The Kier molecular flexibility index (Phi) is 5.93. The molecule has 0 aliphatic heterocycles. The highest BCUT2D eigenvalue weighted by molar-refractivity contribution is 7.99. The number of hydrogen-bond donors (Lipinski definition) is 1. The second-order valence-electron chi connectivity index (χ2n) is 4.41. The standard InChI is InChI=1S/C14H23NS/c1-5-13(15-4)10-12-6-8-14(9-7-12)16-11(2)3/h6-9,11,13,15H,5,10H2,1-4H3. The molecule has 16 heavy (non-hydrogen) atoms. The second kappa shape index (κ2) is 6.97. The fourth-order valence-corrected chi connectivity index (χ4v) is 2.55. The van der Waals surface area contributed by atoms with E-state index >= 15 is 0 Å². The summed E-state index contributed by atoms with van der Waals surface area (Å²) in [4.78, 5) is 1.37. The molecule has 1 rings (SSSR count). The molecule has 0 heterocycles. The lowest BCUT2D eigenvalue weighted by Gasteiger charge is -2.14. The predicted octanol–water partition coefficient (Wildman–Crippen LogP) is 3.73. The Morgan fingerprint density at radius 1 is 1.19 bits per heavy atom. The van der Waals surface area contributed by atoms with E-state index in [1.807, 2.05) is 18.8 Å². The van der Waals surface area contributed by atoms with Crippen LogP contribution in [-0.2, 0) is 6.42 Å². The van der Waals surface area contributed by atoms with Crippen LogP contribution in [0.25, 0.3) is 0 Å². The first-order chi connectivity index (χ1) is 7.65. The van der Waals surface area contributed by atoms with Crippen LogP contribution in [0, 0.1) is 0 Å². The zero-order chi connectivity index (χ0) is 12.0. The molecule has 1 nitrogen and oxygen atoms in total. The second-order valence-corrected chi connectivity index (χ2v) is 6.06. The van der Waals surface area contributed by atoms with Crippen LogP contribution >= 0.6 is 11.8 Å². The van der Waals surface area contributed by atoms with Crippen molar-refractivity contribution >= 4 is 11.8 Å². The van der Waals surface area contributed by atoms with Crippen LogP contribution in [0.2, 0.25) is 0 Å². The van der Waals surface area contributed by atoms with Crippen LogP contribution in [0.1, 0.15) is 32.8 Å². The first kappa shape index (κ1) is 13.6. The minimum Gasteiger partial charge on any atom is -0.317 e. The summed E-state index contributed by atoms with van der Waals surface area (Å²) >= 11 is 1.92. The van der Waals surface area contributed by atoms with Crippen molar-refractivity contribution in [1.29, 1.82) is 0 Å². The van der Waals surface area contributed by atoms with Gasteiger partial charge in [0.2, 0.25) is 0 Å². The zero-order valence-corrected chi connectivity index (χ0v) is 11.6. The van der Waals surface area contributed by atoms with Gasteiger partial charge in [0, 0.05) is 16.2 Å². The van der Waals surface area contributed by atoms with Crippen LogP contribution in [-0.4, -0.2) is 18.3 Å². The Labute approximate surface area is 104 Å². The summed E-state index contributed by atoms with van der Waals surface area (Å²) in [5, 5.41) is 4.00. The van der Waals surface area contributed by atoms with Gasteiger partial charge in [-0.3, -0.25) is 0 Å². The molecule has 0 aliphatic rings. The van der Waals surface area contributed by atoms with Crippen molar-refractivity contribution in [3.8, 4) is 0 Å². The van der Waals surface area contributed by atoms with E-state index in [1.165, 1.54) is 16.9 Å². The van der Waals surface area contributed by atoms with Crippen molar-refractivity contribution in [3.05, 3.63) is 29.8 Å². The molecule has 0 fully saturated rings. The highest BCUT2D eigenvalue weighted by Gasteiger charge is 2.04. The number of benzene rings is 1.